The molecule has 1 aliphatic rings. The van der Waals surface area contributed by atoms with Crippen LogP contribution in [0.2, 0.25) is 0 Å². The predicted molar refractivity (Wildman–Crippen MR) is 50.2 cm³/mol. The minimum Gasteiger partial charge on any atom is -0.387 e. The zero-order valence-electron chi connectivity index (χ0n) is 7.48. The van der Waals surface area contributed by atoms with Crippen molar-refractivity contribution in [3.63, 3.8) is 0 Å². The number of pyridine rings is 1. The molecule has 1 aromatic heterocycles. The van der Waals surface area contributed by atoms with E-state index < -0.39 is 0 Å². The van der Waals surface area contributed by atoms with Crippen LogP contribution in [0.1, 0.15) is 24.5 Å². The van der Waals surface area contributed by atoms with Crippen LogP contribution >= 0.6 is 0 Å². The molecule has 3 nitrogen and oxygen atoms in total. The van der Waals surface area contributed by atoms with Gasteiger partial charge in [0.15, 0.2) is 0 Å². The van der Waals surface area contributed by atoms with E-state index in [9.17, 15) is 5.11 Å². The Morgan fingerprint density at radius 3 is 2.85 bits per heavy atom. The number of nitrogens with one attached hydrogen (secondary N) is 1. The molecule has 2 heterocycles. The number of rotatable bonds is 2. The molecule has 0 aliphatic carbocycles. The van der Waals surface area contributed by atoms with Gasteiger partial charge in [-0.05, 0) is 37.1 Å². The maximum atomic E-state index is 9.93. The van der Waals surface area contributed by atoms with Crippen molar-refractivity contribution in [1.29, 1.82) is 0 Å². The van der Waals surface area contributed by atoms with Gasteiger partial charge >= 0.3 is 0 Å². The quantitative estimate of drug-likeness (QED) is 0.706. The average molecular weight is 178 g/mol. The Morgan fingerprint density at radius 1 is 1.46 bits per heavy atom. The Kier molecular flexibility index (Phi) is 2.57. The molecule has 2 N–H and O–H groups in total. The number of aromatic nitrogens is 1. The molecule has 2 atom stereocenters. The molecule has 0 saturated carbocycles. The highest BCUT2D eigenvalue weighted by Crippen LogP contribution is 2.21. The molecule has 1 aromatic rings. The lowest BCUT2D eigenvalue weighted by atomic mass is 10.0. The molecule has 0 bridgehead atoms. The molecule has 0 aromatic carbocycles. The van der Waals surface area contributed by atoms with Gasteiger partial charge in [0, 0.05) is 18.4 Å². The van der Waals surface area contributed by atoms with E-state index >= 15 is 0 Å². The molecule has 1 unspecified atom stereocenters. The summed E-state index contributed by atoms with van der Waals surface area (Å²) in [7, 11) is 0. The van der Waals surface area contributed by atoms with E-state index in [2.05, 4.69) is 10.3 Å². The molecular weight excluding hydrogens is 164 g/mol. The number of nitrogens with zero attached hydrogens (tertiary/aromatic N) is 1. The van der Waals surface area contributed by atoms with E-state index in [4.69, 9.17) is 0 Å². The van der Waals surface area contributed by atoms with Crippen molar-refractivity contribution in [2.75, 3.05) is 6.54 Å². The average Bonchev–Trinajstić information content (AvgIpc) is 2.71. The topological polar surface area (TPSA) is 45.2 Å². The lowest BCUT2D eigenvalue weighted by molar-refractivity contribution is 0.137. The van der Waals surface area contributed by atoms with Crippen molar-refractivity contribution in [3.05, 3.63) is 30.1 Å². The van der Waals surface area contributed by atoms with Crippen molar-refractivity contribution < 1.29 is 5.11 Å². The second-order valence-corrected chi connectivity index (χ2v) is 3.43. The lowest BCUT2D eigenvalue weighted by Gasteiger charge is -2.17. The fourth-order valence-electron chi connectivity index (χ4n) is 1.77. The minimum absolute atomic E-state index is 0.224. The summed E-state index contributed by atoms with van der Waals surface area (Å²) in [5, 5.41) is 13.2. The fourth-order valence-corrected chi connectivity index (χ4v) is 1.77. The zero-order valence-corrected chi connectivity index (χ0v) is 7.48. The van der Waals surface area contributed by atoms with Gasteiger partial charge in [-0.3, -0.25) is 4.98 Å². The molecule has 70 valence electrons. The van der Waals surface area contributed by atoms with E-state index in [1.807, 2.05) is 12.1 Å². The van der Waals surface area contributed by atoms with Gasteiger partial charge in [0.2, 0.25) is 0 Å². The van der Waals surface area contributed by atoms with Crippen molar-refractivity contribution in [1.82, 2.24) is 10.3 Å². The van der Waals surface area contributed by atoms with Crippen LogP contribution in [0.5, 0.6) is 0 Å². The third-order valence-corrected chi connectivity index (χ3v) is 2.53. The zero-order chi connectivity index (χ0) is 9.10. The van der Waals surface area contributed by atoms with Crippen LogP contribution in [-0.4, -0.2) is 22.7 Å². The SMILES string of the molecule is OC(c1ccncc1)[C@H]1CCCN1. The summed E-state index contributed by atoms with van der Waals surface area (Å²) in [6.45, 7) is 1.02. The summed E-state index contributed by atoms with van der Waals surface area (Å²) < 4.78 is 0. The van der Waals surface area contributed by atoms with E-state index in [-0.39, 0.29) is 12.1 Å². The number of hydrogen-bond donors (Lipinski definition) is 2. The second kappa shape index (κ2) is 3.85. The molecular formula is C10H14N2O. The van der Waals surface area contributed by atoms with Gasteiger partial charge < -0.3 is 10.4 Å². The van der Waals surface area contributed by atoms with Gasteiger partial charge in [-0.15, -0.1) is 0 Å². The van der Waals surface area contributed by atoms with Crippen molar-refractivity contribution in [2.24, 2.45) is 0 Å². The van der Waals surface area contributed by atoms with Crippen LogP contribution in [0.15, 0.2) is 24.5 Å². The molecule has 3 heteroatoms. The van der Waals surface area contributed by atoms with Crippen LogP contribution in [0, 0.1) is 0 Å². The van der Waals surface area contributed by atoms with Gasteiger partial charge in [0.1, 0.15) is 0 Å². The highest BCUT2D eigenvalue weighted by molar-refractivity contribution is 5.15. The highest BCUT2D eigenvalue weighted by Gasteiger charge is 2.23. The van der Waals surface area contributed by atoms with E-state index in [1.165, 1.54) is 0 Å². The van der Waals surface area contributed by atoms with Gasteiger partial charge in [-0.1, -0.05) is 0 Å². The summed E-state index contributed by atoms with van der Waals surface area (Å²) in [4.78, 5) is 3.92. The number of aliphatic hydroxyl groups excluding tert-OH is 1. The molecule has 1 aliphatic heterocycles. The van der Waals surface area contributed by atoms with Gasteiger partial charge in [0.25, 0.3) is 0 Å². The van der Waals surface area contributed by atoms with Gasteiger partial charge in [0.05, 0.1) is 6.10 Å². The Balaban J connectivity index is 2.08. The molecule has 0 spiro atoms. The van der Waals surface area contributed by atoms with E-state index in [0.717, 1.165) is 24.9 Å². The van der Waals surface area contributed by atoms with Crippen molar-refractivity contribution in [3.8, 4) is 0 Å². The first kappa shape index (κ1) is 8.66. The molecule has 0 amide bonds. The Morgan fingerprint density at radius 2 is 2.23 bits per heavy atom. The maximum absolute atomic E-state index is 9.93. The summed E-state index contributed by atoms with van der Waals surface area (Å²) >= 11 is 0. The molecule has 1 saturated heterocycles. The first-order valence-electron chi connectivity index (χ1n) is 4.69. The third kappa shape index (κ3) is 1.87. The summed E-state index contributed by atoms with van der Waals surface area (Å²) in [6, 6.07) is 3.96. The Bertz CT molecular complexity index is 257. The van der Waals surface area contributed by atoms with Crippen LogP contribution in [0.3, 0.4) is 0 Å². The van der Waals surface area contributed by atoms with Crippen LogP contribution in [0.4, 0.5) is 0 Å². The number of hydrogen-bond acceptors (Lipinski definition) is 3. The highest BCUT2D eigenvalue weighted by atomic mass is 16.3. The fraction of sp³-hybridized carbons (Fsp3) is 0.500. The van der Waals surface area contributed by atoms with E-state index in [1.54, 1.807) is 12.4 Å². The lowest BCUT2D eigenvalue weighted by Crippen LogP contribution is -2.28. The number of aliphatic hydroxyl groups is 1. The van der Waals surface area contributed by atoms with E-state index in [0.29, 0.717) is 0 Å². The predicted octanol–water partition coefficient (Wildman–Crippen LogP) is 0.867. The smallest absolute Gasteiger partial charge is 0.0944 e. The summed E-state index contributed by atoms with van der Waals surface area (Å²) in [5.41, 5.74) is 0.953. The largest absolute Gasteiger partial charge is 0.387 e. The monoisotopic (exact) mass is 178 g/mol. The minimum atomic E-state index is -0.384. The third-order valence-electron chi connectivity index (χ3n) is 2.53. The standard InChI is InChI=1S/C10H14N2O/c13-10(9-2-1-5-12-9)8-3-6-11-7-4-8/h3-4,6-7,9-10,12-13H,1-2,5H2/t9-,10?/m1/s1. The normalized spacial score (nSPS) is 24.5. The second-order valence-electron chi connectivity index (χ2n) is 3.43. The summed E-state index contributed by atoms with van der Waals surface area (Å²) in [5.74, 6) is 0. The molecule has 0 radical (unpaired) electrons. The van der Waals surface area contributed by atoms with Crippen LogP contribution in [0.25, 0.3) is 0 Å². The van der Waals surface area contributed by atoms with Crippen molar-refractivity contribution in [2.45, 2.75) is 25.0 Å². The Hall–Kier alpha value is -0.930. The van der Waals surface area contributed by atoms with Crippen LogP contribution in [-0.2, 0) is 0 Å². The maximum Gasteiger partial charge on any atom is 0.0944 e. The van der Waals surface area contributed by atoms with Gasteiger partial charge in [-0.25, -0.2) is 0 Å². The van der Waals surface area contributed by atoms with Gasteiger partial charge in [-0.2, -0.15) is 0 Å². The Labute approximate surface area is 77.8 Å². The molecule has 13 heavy (non-hydrogen) atoms. The molecule has 2 rings (SSSR count). The van der Waals surface area contributed by atoms with Crippen LogP contribution < -0.4 is 5.32 Å². The first-order chi connectivity index (χ1) is 6.38. The molecule has 1 fully saturated rings. The first-order valence-corrected chi connectivity index (χ1v) is 4.69. The van der Waals surface area contributed by atoms with Crippen molar-refractivity contribution >= 4 is 0 Å². The summed E-state index contributed by atoms with van der Waals surface area (Å²) in [6.07, 6.45) is 5.27.